The molecule has 2 unspecified atom stereocenters. The summed E-state index contributed by atoms with van der Waals surface area (Å²) in [6, 6.07) is 3.44. The highest BCUT2D eigenvalue weighted by atomic mass is 19.1. The Balaban J connectivity index is 1.92. The van der Waals surface area contributed by atoms with Crippen molar-refractivity contribution in [2.75, 3.05) is 6.54 Å². The van der Waals surface area contributed by atoms with E-state index in [1.165, 1.54) is 0 Å². The normalized spacial score (nSPS) is 20.9. The van der Waals surface area contributed by atoms with E-state index in [4.69, 9.17) is 0 Å². The fraction of sp³-hybridized carbons (Fsp3) is 0.429. The summed E-state index contributed by atoms with van der Waals surface area (Å²) in [5.41, 5.74) is 0.00820. The van der Waals surface area contributed by atoms with Crippen LogP contribution in [0, 0.1) is 11.6 Å². The molecule has 0 fully saturated rings. The van der Waals surface area contributed by atoms with Crippen LogP contribution in [0.3, 0.4) is 0 Å². The molecule has 0 bridgehead atoms. The molecular weight excluding hydrogens is 236 g/mol. The summed E-state index contributed by atoms with van der Waals surface area (Å²) in [5, 5.41) is 13.0. The third-order valence-corrected chi connectivity index (χ3v) is 3.19. The van der Waals surface area contributed by atoms with E-state index in [2.05, 4.69) is 17.5 Å². The number of allylic oxidation sites excluding steroid dienone is 1. The Bertz CT molecular complexity index is 434. The van der Waals surface area contributed by atoms with Crippen molar-refractivity contribution in [1.82, 2.24) is 5.32 Å². The van der Waals surface area contributed by atoms with E-state index in [1.807, 2.05) is 0 Å². The van der Waals surface area contributed by atoms with E-state index in [9.17, 15) is 13.9 Å². The van der Waals surface area contributed by atoms with Gasteiger partial charge in [-0.25, -0.2) is 8.78 Å². The van der Waals surface area contributed by atoms with E-state index in [1.54, 1.807) is 0 Å². The first-order chi connectivity index (χ1) is 8.66. The van der Waals surface area contributed by atoms with Gasteiger partial charge in [-0.2, -0.15) is 0 Å². The fourth-order valence-electron chi connectivity index (χ4n) is 2.14. The van der Waals surface area contributed by atoms with Gasteiger partial charge in [0.05, 0.1) is 6.10 Å². The zero-order valence-electron chi connectivity index (χ0n) is 10.1. The highest BCUT2D eigenvalue weighted by molar-refractivity contribution is 5.21. The van der Waals surface area contributed by atoms with Gasteiger partial charge in [0.2, 0.25) is 0 Å². The number of rotatable bonds is 4. The molecule has 2 atom stereocenters. The fourth-order valence-corrected chi connectivity index (χ4v) is 2.14. The average Bonchev–Trinajstić information content (AvgIpc) is 2.40. The molecule has 0 heterocycles. The van der Waals surface area contributed by atoms with Crippen LogP contribution in [0.15, 0.2) is 30.4 Å². The largest absolute Gasteiger partial charge is 0.387 e. The molecule has 1 aromatic rings. The maximum Gasteiger partial charge on any atom is 0.129 e. The summed E-state index contributed by atoms with van der Waals surface area (Å²) >= 11 is 0. The highest BCUT2D eigenvalue weighted by Crippen LogP contribution is 2.18. The van der Waals surface area contributed by atoms with Gasteiger partial charge in [0.15, 0.2) is 0 Å². The van der Waals surface area contributed by atoms with Crippen LogP contribution in [-0.2, 0) is 0 Å². The summed E-state index contributed by atoms with van der Waals surface area (Å²) in [7, 11) is 0. The molecule has 1 aliphatic carbocycles. The van der Waals surface area contributed by atoms with E-state index < -0.39 is 17.7 Å². The first kappa shape index (κ1) is 13.2. The van der Waals surface area contributed by atoms with Gasteiger partial charge in [0, 0.05) is 18.2 Å². The van der Waals surface area contributed by atoms with Crippen LogP contribution in [0.1, 0.15) is 30.9 Å². The van der Waals surface area contributed by atoms with Crippen molar-refractivity contribution in [3.05, 3.63) is 47.5 Å². The topological polar surface area (TPSA) is 32.3 Å². The van der Waals surface area contributed by atoms with Gasteiger partial charge in [-0.3, -0.25) is 0 Å². The highest BCUT2D eigenvalue weighted by Gasteiger charge is 2.16. The number of aliphatic hydroxyl groups is 1. The summed E-state index contributed by atoms with van der Waals surface area (Å²) < 4.78 is 26.4. The molecule has 98 valence electrons. The van der Waals surface area contributed by atoms with E-state index >= 15 is 0 Å². The van der Waals surface area contributed by atoms with Gasteiger partial charge in [0.25, 0.3) is 0 Å². The lowest BCUT2D eigenvalue weighted by atomic mass is 10.0. The number of benzene rings is 1. The summed E-state index contributed by atoms with van der Waals surface area (Å²) in [5.74, 6) is -1.11. The molecule has 0 saturated carbocycles. The van der Waals surface area contributed by atoms with Crippen molar-refractivity contribution < 1.29 is 13.9 Å². The van der Waals surface area contributed by atoms with Crippen LogP contribution >= 0.6 is 0 Å². The van der Waals surface area contributed by atoms with Crippen molar-refractivity contribution >= 4 is 0 Å². The van der Waals surface area contributed by atoms with Gasteiger partial charge in [-0.1, -0.05) is 12.2 Å². The number of hydrogen-bond donors (Lipinski definition) is 2. The average molecular weight is 253 g/mol. The lowest BCUT2D eigenvalue weighted by molar-refractivity contribution is 0.164. The van der Waals surface area contributed by atoms with Gasteiger partial charge in [-0.15, -0.1) is 0 Å². The lowest BCUT2D eigenvalue weighted by Gasteiger charge is -2.21. The zero-order valence-corrected chi connectivity index (χ0v) is 10.1. The molecule has 0 radical (unpaired) electrons. The van der Waals surface area contributed by atoms with E-state index in [0.717, 1.165) is 37.5 Å². The van der Waals surface area contributed by atoms with Crippen molar-refractivity contribution in [2.45, 2.75) is 31.4 Å². The molecule has 2 nitrogen and oxygen atoms in total. The number of nitrogens with one attached hydrogen (secondary N) is 1. The second kappa shape index (κ2) is 6.07. The minimum absolute atomic E-state index is 0.00820. The quantitative estimate of drug-likeness (QED) is 0.809. The minimum Gasteiger partial charge on any atom is -0.387 e. The molecule has 0 spiro atoms. The van der Waals surface area contributed by atoms with Crippen LogP contribution in [-0.4, -0.2) is 17.7 Å². The monoisotopic (exact) mass is 253 g/mol. The van der Waals surface area contributed by atoms with Crippen LogP contribution in [0.2, 0.25) is 0 Å². The second-order valence-corrected chi connectivity index (χ2v) is 4.57. The molecule has 0 amide bonds. The maximum atomic E-state index is 13.4. The molecule has 0 aromatic heterocycles. The Kier molecular flexibility index (Phi) is 4.44. The molecular formula is C14H17F2NO. The minimum atomic E-state index is -1.02. The number of aliphatic hydroxyl groups excluding tert-OH is 1. The van der Waals surface area contributed by atoms with Gasteiger partial charge >= 0.3 is 0 Å². The van der Waals surface area contributed by atoms with Crippen LogP contribution in [0.25, 0.3) is 0 Å². The smallest absolute Gasteiger partial charge is 0.129 e. The summed E-state index contributed by atoms with van der Waals surface area (Å²) in [4.78, 5) is 0. The number of halogens is 2. The van der Waals surface area contributed by atoms with E-state index in [-0.39, 0.29) is 12.1 Å². The van der Waals surface area contributed by atoms with Crippen molar-refractivity contribution in [3.63, 3.8) is 0 Å². The van der Waals surface area contributed by atoms with Crippen molar-refractivity contribution in [2.24, 2.45) is 0 Å². The first-order valence-electron chi connectivity index (χ1n) is 6.18. The predicted molar refractivity (Wildman–Crippen MR) is 66.1 cm³/mol. The SMILES string of the molecule is OC(CNC1CC=CCC1)c1cc(F)ccc1F. The summed E-state index contributed by atoms with van der Waals surface area (Å²) in [6.07, 6.45) is 6.14. The Morgan fingerprint density at radius 2 is 2.17 bits per heavy atom. The number of hydrogen-bond acceptors (Lipinski definition) is 2. The van der Waals surface area contributed by atoms with Crippen LogP contribution < -0.4 is 5.32 Å². The third-order valence-electron chi connectivity index (χ3n) is 3.19. The van der Waals surface area contributed by atoms with Gasteiger partial charge < -0.3 is 10.4 Å². The Hall–Kier alpha value is -1.26. The van der Waals surface area contributed by atoms with Crippen molar-refractivity contribution in [1.29, 1.82) is 0 Å². The Morgan fingerprint density at radius 3 is 2.89 bits per heavy atom. The predicted octanol–water partition coefficient (Wildman–Crippen LogP) is 2.70. The van der Waals surface area contributed by atoms with Gasteiger partial charge in [-0.05, 0) is 37.5 Å². The molecule has 1 aromatic carbocycles. The Morgan fingerprint density at radius 1 is 1.33 bits per heavy atom. The standard InChI is InChI=1S/C14H17F2NO/c15-10-6-7-13(16)12(8-10)14(18)9-17-11-4-2-1-3-5-11/h1-2,6-8,11,14,17-18H,3-5,9H2. The second-order valence-electron chi connectivity index (χ2n) is 4.57. The van der Waals surface area contributed by atoms with E-state index in [0.29, 0.717) is 6.04 Å². The third kappa shape index (κ3) is 3.37. The summed E-state index contributed by atoms with van der Waals surface area (Å²) in [6.45, 7) is 0.235. The molecule has 2 N–H and O–H groups in total. The van der Waals surface area contributed by atoms with Gasteiger partial charge in [0.1, 0.15) is 11.6 Å². The molecule has 1 aliphatic rings. The molecule has 4 heteroatoms. The van der Waals surface area contributed by atoms with Crippen LogP contribution in [0.5, 0.6) is 0 Å². The first-order valence-corrected chi connectivity index (χ1v) is 6.18. The van der Waals surface area contributed by atoms with Crippen molar-refractivity contribution in [3.8, 4) is 0 Å². The Labute approximate surface area is 105 Å². The molecule has 2 rings (SSSR count). The molecule has 18 heavy (non-hydrogen) atoms. The van der Waals surface area contributed by atoms with Crippen LogP contribution in [0.4, 0.5) is 8.78 Å². The molecule has 0 aliphatic heterocycles. The lowest BCUT2D eigenvalue weighted by Crippen LogP contribution is -2.33. The zero-order chi connectivity index (χ0) is 13.0. The molecule has 0 saturated heterocycles. The maximum absolute atomic E-state index is 13.4.